The van der Waals surface area contributed by atoms with Crippen LogP contribution >= 0.6 is 0 Å². The first-order valence-electron chi connectivity index (χ1n) is 5.81. The molecule has 0 aliphatic heterocycles. The topological polar surface area (TPSA) is 49.4 Å². The second-order valence-corrected chi connectivity index (χ2v) is 6.53. The molecule has 0 rings (SSSR count). The summed E-state index contributed by atoms with van der Waals surface area (Å²) in [5.74, 6) is 0.0000482. The molecule has 110 valence electrons. The second kappa shape index (κ2) is 7.96. The Morgan fingerprint density at radius 2 is 1.78 bits per heavy atom. The molecule has 0 bridgehead atoms. The van der Waals surface area contributed by atoms with E-state index in [4.69, 9.17) is 0 Å². The molecule has 0 unspecified atom stereocenters. The van der Waals surface area contributed by atoms with Crippen molar-refractivity contribution in [3.05, 3.63) is 0 Å². The molecule has 0 amide bonds. The summed E-state index contributed by atoms with van der Waals surface area (Å²) in [5.41, 5.74) is 0. The van der Waals surface area contributed by atoms with Crippen LogP contribution in [-0.2, 0) is 9.84 Å². The summed E-state index contributed by atoms with van der Waals surface area (Å²) in [7, 11) is -3.02. The lowest BCUT2D eigenvalue weighted by atomic mass is 10.4. The molecular formula is C10H21F3N2O2S. The normalized spacial score (nSPS) is 13.2. The SMILES string of the molecule is CCCN(CCNCCS(C)(=O)=O)CC(F)(F)F. The highest BCUT2D eigenvalue weighted by molar-refractivity contribution is 7.90. The van der Waals surface area contributed by atoms with Crippen LogP contribution in [0.15, 0.2) is 0 Å². The van der Waals surface area contributed by atoms with Gasteiger partial charge in [0, 0.05) is 25.9 Å². The number of sulfone groups is 1. The molecule has 8 heteroatoms. The number of hydrogen-bond acceptors (Lipinski definition) is 4. The fraction of sp³-hybridized carbons (Fsp3) is 1.00. The van der Waals surface area contributed by atoms with E-state index in [0.717, 1.165) is 6.26 Å². The molecule has 0 saturated heterocycles. The van der Waals surface area contributed by atoms with Crippen LogP contribution in [0.3, 0.4) is 0 Å². The van der Waals surface area contributed by atoms with E-state index in [2.05, 4.69) is 5.32 Å². The minimum absolute atomic E-state index is 0.0000482. The molecule has 0 aromatic heterocycles. The lowest BCUT2D eigenvalue weighted by Crippen LogP contribution is -2.39. The van der Waals surface area contributed by atoms with Crippen molar-refractivity contribution in [3.63, 3.8) is 0 Å². The third-order valence-corrected chi connectivity index (χ3v) is 3.14. The largest absolute Gasteiger partial charge is 0.401 e. The van der Waals surface area contributed by atoms with Crippen LogP contribution in [0.5, 0.6) is 0 Å². The highest BCUT2D eigenvalue weighted by atomic mass is 32.2. The molecule has 0 aliphatic rings. The molecule has 0 aromatic carbocycles. The second-order valence-electron chi connectivity index (χ2n) is 4.27. The molecule has 0 saturated carbocycles. The minimum Gasteiger partial charge on any atom is -0.314 e. The Kier molecular flexibility index (Phi) is 7.81. The third kappa shape index (κ3) is 12.1. The number of nitrogens with zero attached hydrogens (tertiary/aromatic N) is 1. The van der Waals surface area contributed by atoms with Gasteiger partial charge >= 0.3 is 6.18 Å². The van der Waals surface area contributed by atoms with Gasteiger partial charge in [-0.15, -0.1) is 0 Å². The average molecular weight is 290 g/mol. The number of halogens is 3. The van der Waals surface area contributed by atoms with Crippen molar-refractivity contribution in [1.82, 2.24) is 10.2 Å². The third-order valence-electron chi connectivity index (χ3n) is 2.20. The van der Waals surface area contributed by atoms with Gasteiger partial charge in [0.2, 0.25) is 0 Å². The van der Waals surface area contributed by atoms with Gasteiger partial charge in [0.05, 0.1) is 12.3 Å². The van der Waals surface area contributed by atoms with E-state index >= 15 is 0 Å². The van der Waals surface area contributed by atoms with Crippen molar-refractivity contribution in [3.8, 4) is 0 Å². The molecular weight excluding hydrogens is 269 g/mol. The zero-order valence-corrected chi connectivity index (χ0v) is 11.6. The van der Waals surface area contributed by atoms with Gasteiger partial charge in [-0.1, -0.05) is 6.92 Å². The highest BCUT2D eigenvalue weighted by Crippen LogP contribution is 2.16. The van der Waals surface area contributed by atoms with Crippen molar-refractivity contribution < 1.29 is 21.6 Å². The van der Waals surface area contributed by atoms with E-state index in [-0.39, 0.29) is 18.8 Å². The van der Waals surface area contributed by atoms with Gasteiger partial charge < -0.3 is 5.32 Å². The fourth-order valence-corrected chi connectivity index (χ4v) is 1.97. The van der Waals surface area contributed by atoms with Crippen molar-refractivity contribution >= 4 is 9.84 Å². The van der Waals surface area contributed by atoms with Crippen LogP contribution < -0.4 is 5.32 Å². The maximum Gasteiger partial charge on any atom is 0.401 e. The molecule has 0 radical (unpaired) electrons. The van der Waals surface area contributed by atoms with E-state index in [1.165, 1.54) is 4.90 Å². The first-order chi connectivity index (χ1) is 8.14. The van der Waals surface area contributed by atoms with Crippen LogP contribution in [-0.4, -0.2) is 64.2 Å². The Balaban J connectivity index is 3.84. The van der Waals surface area contributed by atoms with Gasteiger partial charge in [-0.25, -0.2) is 8.42 Å². The maximum absolute atomic E-state index is 12.2. The number of alkyl halides is 3. The van der Waals surface area contributed by atoms with Crippen LogP contribution in [0, 0.1) is 0 Å². The van der Waals surface area contributed by atoms with Gasteiger partial charge in [-0.3, -0.25) is 4.90 Å². The molecule has 0 aromatic rings. The van der Waals surface area contributed by atoms with Gasteiger partial charge in [-0.2, -0.15) is 13.2 Å². The maximum atomic E-state index is 12.2. The molecule has 4 nitrogen and oxygen atoms in total. The fourth-order valence-electron chi connectivity index (χ4n) is 1.46. The molecule has 1 N–H and O–H groups in total. The summed E-state index contributed by atoms with van der Waals surface area (Å²) in [6, 6.07) is 0. The Morgan fingerprint density at radius 1 is 1.17 bits per heavy atom. The first kappa shape index (κ1) is 17.7. The van der Waals surface area contributed by atoms with Gasteiger partial charge in [0.1, 0.15) is 9.84 Å². The lowest BCUT2D eigenvalue weighted by molar-refractivity contribution is -0.145. The quantitative estimate of drug-likeness (QED) is 0.641. The molecule has 0 heterocycles. The first-order valence-corrected chi connectivity index (χ1v) is 7.87. The van der Waals surface area contributed by atoms with Crippen LogP contribution in [0.25, 0.3) is 0 Å². The Hall–Kier alpha value is -0.340. The Morgan fingerprint density at radius 3 is 2.22 bits per heavy atom. The highest BCUT2D eigenvalue weighted by Gasteiger charge is 2.29. The molecule has 0 atom stereocenters. The number of hydrogen-bond donors (Lipinski definition) is 1. The average Bonchev–Trinajstić information content (AvgIpc) is 2.13. The van der Waals surface area contributed by atoms with Crippen molar-refractivity contribution in [1.29, 1.82) is 0 Å². The van der Waals surface area contributed by atoms with Gasteiger partial charge in [0.25, 0.3) is 0 Å². The van der Waals surface area contributed by atoms with E-state index in [1.807, 2.05) is 6.92 Å². The van der Waals surface area contributed by atoms with E-state index in [1.54, 1.807) is 0 Å². The predicted molar refractivity (Wildman–Crippen MR) is 65.4 cm³/mol. The predicted octanol–water partition coefficient (Wildman–Crippen LogP) is 0.895. The minimum atomic E-state index is -4.19. The van der Waals surface area contributed by atoms with Crippen molar-refractivity contribution in [2.45, 2.75) is 19.5 Å². The van der Waals surface area contributed by atoms with Crippen molar-refractivity contribution in [2.24, 2.45) is 0 Å². The summed E-state index contributed by atoms with van der Waals surface area (Å²) in [6.07, 6.45) is -2.41. The Bertz CT molecular complexity index is 318. The molecule has 0 spiro atoms. The lowest BCUT2D eigenvalue weighted by Gasteiger charge is -2.23. The smallest absolute Gasteiger partial charge is 0.314 e. The molecule has 0 fully saturated rings. The number of nitrogens with one attached hydrogen (secondary N) is 1. The van der Waals surface area contributed by atoms with Crippen LogP contribution in [0.4, 0.5) is 13.2 Å². The summed E-state index contributed by atoms with van der Waals surface area (Å²) >= 11 is 0. The van der Waals surface area contributed by atoms with Gasteiger partial charge in [0.15, 0.2) is 0 Å². The van der Waals surface area contributed by atoms with E-state index < -0.39 is 22.6 Å². The van der Waals surface area contributed by atoms with Crippen LogP contribution in [0.1, 0.15) is 13.3 Å². The summed E-state index contributed by atoms with van der Waals surface area (Å²) in [5, 5.41) is 2.83. The zero-order valence-electron chi connectivity index (χ0n) is 10.8. The van der Waals surface area contributed by atoms with Crippen molar-refractivity contribution in [2.75, 3.05) is 44.7 Å². The zero-order chi connectivity index (χ0) is 14.2. The molecule has 0 aliphatic carbocycles. The van der Waals surface area contributed by atoms with Crippen LogP contribution in [0.2, 0.25) is 0 Å². The summed E-state index contributed by atoms with van der Waals surface area (Å²) in [4.78, 5) is 1.31. The standard InChI is InChI=1S/C10H21F3N2O2S/c1-3-6-15(9-10(11,12)13)7-4-14-5-8-18(2,16)17/h14H,3-9H2,1-2H3. The number of rotatable bonds is 9. The molecule has 18 heavy (non-hydrogen) atoms. The summed E-state index contributed by atoms with van der Waals surface area (Å²) < 4.78 is 58.3. The summed E-state index contributed by atoms with van der Waals surface area (Å²) in [6.45, 7) is 2.16. The van der Waals surface area contributed by atoms with E-state index in [9.17, 15) is 21.6 Å². The monoisotopic (exact) mass is 290 g/mol. The Labute approximate surface area is 106 Å². The van der Waals surface area contributed by atoms with E-state index in [0.29, 0.717) is 19.5 Å². The van der Waals surface area contributed by atoms with Gasteiger partial charge in [-0.05, 0) is 13.0 Å².